The standard InChI is InChI=1S/C22H36N4O2S2/c1-2-26(30)22(28)18-24(15-16-29)12-6-9-21(27)23-20-10-13-25(14-11-20)17-19-7-4-3-5-8-19/h3-5,7-8,20,29-30H,2,6,9-18H2,1H3,(H,23,27). The third-order valence-corrected chi connectivity index (χ3v) is 6.15. The van der Waals surface area contributed by atoms with Gasteiger partial charge >= 0.3 is 0 Å². The molecule has 1 saturated heterocycles. The molecule has 0 aliphatic carbocycles. The van der Waals surface area contributed by atoms with Gasteiger partial charge in [-0.3, -0.25) is 23.7 Å². The van der Waals surface area contributed by atoms with Crippen LogP contribution >= 0.6 is 25.4 Å². The maximum atomic E-state index is 12.4. The fourth-order valence-corrected chi connectivity index (χ4v) is 4.05. The maximum absolute atomic E-state index is 12.4. The minimum Gasteiger partial charge on any atom is -0.353 e. The van der Waals surface area contributed by atoms with Gasteiger partial charge in [0, 0.05) is 50.9 Å². The molecule has 0 bridgehead atoms. The Hall–Kier alpha value is -1.22. The van der Waals surface area contributed by atoms with Crippen molar-refractivity contribution in [3.63, 3.8) is 0 Å². The van der Waals surface area contributed by atoms with Crippen LogP contribution in [0.15, 0.2) is 30.3 Å². The highest BCUT2D eigenvalue weighted by atomic mass is 32.1. The molecule has 0 saturated carbocycles. The van der Waals surface area contributed by atoms with E-state index in [1.54, 1.807) is 0 Å². The molecule has 1 aromatic carbocycles. The lowest BCUT2D eigenvalue weighted by molar-refractivity contribution is -0.127. The molecule has 0 atom stereocenters. The minimum atomic E-state index is -0.0191. The monoisotopic (exact) mass is 452 g/mol. The van der Waals surface area contributed by atoms with Crippen LogP contribution in [0.4, 0.5) is 0 Å². The van der Waals surface area contributed by atoms with Crippen molar-refractivity contribution in [1.29, 1.82) is 0 Å². The lowest BCUT2D eigenvalue weighted by Crippen LogP contribution is -2.44. The van der Waals surface area contributed by atoms with E-state index in [0.717, 1.165) is 45.4 Å². The maximum Gasteiger partial charge on any atom is 0.246 e. The van der Waals surface area contributed by atoms with E-state index in [1.807, 2.05) is 17.9 Å². The van der Waals surface area contributed by atoms with Crippen LogP contribution in [0.2, 0.25) is 0 Å². The lowest BCUT2D eigenvalue weighted by atomic mass is 10.0. The van der Waals surface area contributed by atoms with Crippen LogP contribution < -0.4 is 5.32 Å². The summed E-state index contributed by atoms with van der Waals surface area (Å²) >= 11 is 8.45. The number of likely N-dealkylation sites (N-methyl/N-ethyl adjacent to an activating group) is 1. The molecule has 1 fully saturated rings. The molecule has 0 radical (unpaired) electrons. The second-order valence-corrected chi connectivity index (χ2v) is 8.75. The number of carbonyl (C=O) groups excluding carboxylic acids is 2. The second-order valence-electron chi connectivity index (χ2n) is 7.82. The lowest BCUT2D eigenvalue weighted by Gasteiger charge is -2.32. The number of likely N-dealkylation sites (tertiary alicyclic amines) is 1. The van der Waals surface area contributed by atoms with E-state index >= 15 is 0 Å². The molecule has 8 heteroatoms. The molecule has 6 nitrogen and oxygen atoms in total. The zero-order valence-electron chi connectivity index (χ0n) is 18.0. The Morgan fingerprint density at radius 3 is 2.50 bits per heavy atom. The number of carbonyl (C=O) groups is 2. The molecule has 1 N–H and O–H groups in total. The molecule has 1 heterocycles. The van der Waals surface area contributed by atoms with Crippen molar-refractivity contribution in [2.75, 3.05) is 45.0 Å². The van der Waals surface area contributed by atoms with Crippen LogP contribution in [0.1, 0.15) is 38.2 Å². The van der Waals surface area contributed by atoms with Gasteiger partial charge in [-0.2, -0.15) is 12.6 Å². The van der Waals surface area contributed by atoms with Crippen LogP contribution in [0.5, 0.6) is 0 Å². The van der Waals surface area contributed by atoms with E-state index in [1.165, 1.54) is 9.87 Å². The van der Waals surface area contributed by atoms with Crippen LogP contribution in [0, 0.1) is 0 Å². The van der Waals surface area contributed by atoms with Crippen molar-refractivity contribution in [2.24, 2.45) is 0 Å². The van der Waals surface area contributed by atoms with Crippen LogP contribution in [-0.2, 0) is 16.1 Å². The smallest absolute Gasteiger partial charge is 0.246 e. The van der Waals surface area contributed by atoms with Crippen molar-refractivity contribution in [3.8, 4) is 0 Å². The van der Waals surface area contributed by atoms with Crippen LogP contribution in [0.3, 0.4) is 0 Å². The number of amides is 2. The summed E-state index contributed by atoms with van der Waals surface area (Å²) in [4.78, 5) is 28.9. The van der Waals surface area contributed by atoms with Crippen molar-refractivity contribution in [3.05, 3.63) is 35.9 Å². The molecule has 30 heavy (non-hydrogen) atoms. The van der Waals surface area contributed by atoms with Gasteiger partial charge in [0.1, 0.15) is 0 Å². The number of hydrogen-bond donors (Lipinski definition) is 3. The number of rotatable bonds is 12. The Bertz CT molecular complexity index is 639. The normalized spacial score (nSPS) is 15.3. The van der Waals surface area contributed by atoms with Gasteiger partial charge in [-0.05, 0) is 38.3 Å². The van der Waals surface area contributed by atoms with E-state index in [9.17, 15) is 9.59 Å². The largest absolute Gasteiger partial charge is 0.353 e. The molecule has 0 unspecified atom stereocenters. The summed E-state index contributed by atoms with van der Waals surface area (Å²) in [7, 11) is 0. The van der Waals surface area contributed by atoms with E-state index < -0.39 is 0 Å². The summed E-state index contributed by atoms with van der Waals surface area (Å²) in [6, 6.07) is 10.8. The van der Waals surface area contributed by atoms with E-state index in [0.29, 0.717) is 31.8 Å². The van der Waals surface area contributed by atoms with Gasteiger partial charge in [-0.15, -0.1) is 0 Å². The Morgan fingerprint density at radius 1 is 1.17 bits per heavy atom. The number of piperidine rings is 1. The van der Waals surface area contributed by atoms with E-state index in [-0.39, 0.29) is 17.9 Å². The Kier molecular flexibility index (Phi) is 11.7. The number of nitrogens with zero attached hydrogens (tertiary/aromatic N) is 3. The van der Waals surface area contributed by atoms with Gasteiger partial charge in [0.05, 0.1) is 6.54 Å². The summed E-state index contributed by atoms with van der Waals surface area (Å²) in [5.74, 6) is 0.770. The molecular weight excluding hydrogens is 416 g/mol. The zero-order valence-corrected chi connectivity index (χ0v) is 19.8. The van der Waals surface area contributed by atoms with Crippen molar-refractivity contribution >= 4 is 37.3 Å². The Labute approximate surface area is 192 Å². The highest BCUT2D eigenvalue weighted by Crippen LogP contribution is 2.14. The van der Waals surface area contributed by atoms with Crippen molar-refractivity contribution < 1.29 is 9.59 Å². The average Bonchev–Trinajstić information content (AvgIpc) is 2.75. The number of hydrogen-bond acceptors (Lipinski definition) is 6. The van der Waals surface area contributed by atoms with Crippen molar-refractivity contribution in [1.82, 2.24) is 19.4 Å². The van der Waals surface area contributed by atoms with Crippen molar-refractivity contribution in [2.45, 2.75) is 45.2 Å². The topological polar surface area (TPSA) is 55.9 Å². The first-order valence-electron chi connectivity index (χ1n) is 10.9. The van der Waals surface area contributed by atoms with E-state index in [2.05, 4.69) is 59.9 Å². The molecule has 168 valence electrons. The summed E-state index contributed by atoms with van der Waals surface area (Å²) in [5, 5.41) is 3.19. The van der Waals surface area contributed by atoms with Crippen LogP contribution in [-0.4, -0.2) is 77.0 Å². The molecule has 2 amide bonds. The molecular formula is C22H36N4O2S2. The predicted molar refractivity (Wildman–Crippen MR) is 129 cm³/mol. The molecule has 1 aliphatic rings. The van der Waals surface area contributed by atoms with E-state index in [4.69, 9.17) is 0 Å². The highest BCUT2D eigenvalue weighted by Gasteiger charge is 2.21. The Balaban J connectivity index is 1.63. The summed E-state index contributed by atoms with van der Waals surface area (Å²) in [5.41, 5.74) is 1.34. The molecule has 1 aromatic rings. The average molecular weight is 453 g/mol. The van der Waals surface area contributed by atoms with Gasteiger partial charge < -0.3 is 5.32 Å². The Morgan fingerprint density at radius 2 is 1.87 bits per heavy atom. The number of benzene rings is 1. The zero-order chi connectivity index (χ0) is 21.8. The summed E-state index contributed by atoms with van der Waals surface area (Å²) in [6.07, 6.45) is 3.21. The van der Waals surface area contributed by atoms with Gasteiger partial charge in [0.25, 0.3) is 0 Å². The third kappa shape index (κ3) is 9.29. The molecule has 0 aromatic heterocycles. The fourth-order valence-electron chi connectivity index (χ4n) is 3.70. The predicted octanol–water partition coefficient (Wildman–Crippen LogP) is 2.47. The van der Waals surface area contributed by atoms with Gasteiger partial charge in [-0.1, -0.05) is 43.1 Å². The molecule has 0 spiro atoms. The van der Waals surface area contributed by atoms with Gasteiger partial charge in [0.2, 0.25) is 11.8 Å². The SMILES string of the molecule is CCN(S)C(=O)CN(CCS)CCCC(=O)NC1CCN(Cc2ccccc2)CC1. The number of thiol groups is 2. The quantitative estimate of drug-likeness (QED) is 0.427. The minimum absolute atomic E-state index is 0.0191. The van der Waals surface area contributed by atoms with Gasteiger partial charge in [-0.25, -0.2) is 0 Å². The third-order valence-electron chi connectivity index (χ3n) is 5.44. The first kappa shape index (κ1) is 25.0. The summed E-state index contributed by atoms with van der Waals surface area (Å²) < 4.78 is 1.42. The fraction of sp³-hybridized carbons (Fsp3) is 0.636. The molecule has 1 aliphatic heterocycles. The second kappa shape index (κ2) is 14.0. The molecule has 2 rings (SSSR count). The summed E-state index contributed by atoms with van der Waals surface area (Å²) in [6.45, 7) is 7.21. The van der Waals surface area contributed by atoms with Gasteiger partial charge in [0.15, 0.2) is 0 Å². The first-order valence-corrected chi connectivity index (χ1v) is 11.9. The first-order chi connectivity index (χ1) is 14.5. The highest BCUT2D eigenvalue weighted by molar-refractivity contribution is 7.80. The number of nitrogens with one attached hydrogen (secondary N) is 1. The van der Waals surface area contributed by atoms with Crippen LogP contribution in [0.25, 0.3) is 0 Å².